The van der Waals surface area contributed by atoms with E-state index >= 15 is 0 Å². The number of hydrogen-bond acceptors (Lipinski definition) is 13. The molecule has 1 unspecified atom stereocenters. The molecule has 3 aliphatic rings. The van der Waals surface area contributed by atoms with E-state index < -0.39 is 17.8 Å². The van der Waals surface area contributed by atoms with Crippen LogP contribution in [0.1, 0.15) is 44.9 Å². The Balaban J connectivity index is 0.932. The molecule has 0 bridgehead atoms. The van der Waals surface area contributed by atoms with E-state index in [2.05, 4.69) is 17.2 Å². The van der Waals surface area contributed by atoms with E-state index in [4.69, 9.17) is 42.7 Å². The summed E-state index contributed by atoms with van der Waals surface area (Å²) in [6.07, 6.45) is 3.94. The molecular weight excluding hydrogens is 632 g/mol. The number of nitrogens with zero attached hydrogens (tertiary/aromatic N) is 1. The first-order valence-corrected chi connectivity index (χ1v) is 17.0. The van der Waals surface area contributed by atoms with Crippen LogP contribution in [0.4, 0.5) is 0 Å². The molecule has 0 aromatic rings. The summed E-state index contributed by atoms with van der Waals surface area (Å²) in [5.74, 6) is 5.97. The zero-order valence-corrected chi connectivity index (χ0v) is 28.0. The van der Waals surface area contributed by atoms with Crippen LogP contribution in [0.2, 0.25) is 0 Å². The van der Waals surface area contributed by atoms with Crippen molar-refractivity contribution in [2.75, 3.05) is 112 Å². The lowest BCUT2D eigenvalue weighted by Gasteiger charge is -2.12. The number of hydroxylamine groups is 2. The molecule has 15 heteroatoms. The number of hydrogen-bond donors (Lipinski definition) is 1. The van der Waals surface area contributed by atoms with Gasteiger partial charge in [0.25, 0.3) is 11.8 Å². The van der Waals surface area contributed by atoms with E-state index in [-0.39, 0.29) is 44.3 Å². The van der Waals surface area contributed by atoms with Gasteiger partial charge in [0.05, 0.1) is 112 Å². The number of carbonyl (C=O) groups is 4. The number of ether oxygens (including phenoxy) is 8. The van der Waals surface area contributed by atoms with Crippen LogP contribution in [-0.4, -0.2) is 141 Å². The van der Waals surface area contributed by atoms with Crippen molar-refractivity contribution in [2.45, 2.75) is 44.9 Å². The summed E-state index contributed by atoms with van der Waals surface area (Å²) >= 11 is 0. The highest BCUT2D eigenvalue weighted by Gasteiger charge is 2.53. The lowest BCUT2D eigenvalue weighted by atomic mass is 10.1. The molecule has 48 heavy (non-hydrogen) atoms. The van der Waals surface area contributed by atoms with E-state index in [1.807, 2.05) is 0 Å². The second-order valence-corrected chi connectivity index (χ2v) is 11.3. The normalized spacial score (nSPS) is 20.1. The highest BCUT2D eigenvalue weighted by atomic mass is 16.7. The molecule has 272 valence electrons. The van der Waals surface area contributed by atoms with Crippen LogP contribution in [0.25, 0.3) is 0 Å². The van der Waals surface area contributed by atoms with E-state index in [1.54, 1.807) is 0 Å². The molecule has 1 saturated heterocycles. The van der Waals surface area contributed by atoms with Crippen molar-refractivity contribution in [3.8, 4) is 11.8 Å². The zero-order chi connectivity index (χ0) is 34.1. The predicted octanol–water partition coefficient (Wildman–Crippen LogP) is 0.672. The van der Waals surface area contributed by atoms with Gasteiger partial charge in [0.1, 0.15) is 0 Å². The third-order valence-corrected chi connectivity index (χ3v) is 7.76. The summed E-state index contributed by atoms with van der Waals surface area (Å²) in [7, 11) is 0. The molecule has 1 saturated carbocycles. The van der Waals surface area contributed by atoms with Crippen LogP contribution in [0.5, 0.6) is 0 Å². The van der Waals surface area contributed by atoms with E-state index in [0.717, 1.165) is 25.7 Å². The molecule has 3 atom stereocenters. The molecule has 1 N–H and O–H groups in total. The Kier molecular flexibility index (Phi) is 21.0. The van der Waals surface area contributed by atoms with Gasteiger partial charge >= 0.3 is 5.97 Å². The molecule has 3 rings (SSSR count). The summed E-state index contributed by atoms with van der Waals surface area (Å²) in [5.41, 5.74) is 0. The van der Waals surface area contributed by atoms with E-state index in [0.29, 0.717) is 116 Å². The van der Waals surface area contributed by atoms with Crippen molar-refractivity contribution in [3.63, 3.8) is 0 Å². The Morgan fingerprint density at radius 1 is 0.583 bits per heavy atom. The first kappa shape index (κ1) is 39.8. The third-order valence-electron chi connectivity index (χ3n) is 7.76. The van der Waals surface area contributed by atoms with Crippen LogP contribution in [-0.2, 0) is 61.9 Å². The topological polar surface area (TPSA) is 167 Å². The van der Waals surface area contributed by atoms with Crippen LogP contribution in [0.15, 0.2) is 0 Å². The van der Waals surface area contributed by atoms with Crippen molar-refractivity contribution in [2.24, 2.45) is 17.8 Å². The molecule has 15 nitrogen and oxygen atoms in total. The average Bonchev–Trinajstić information content (AvgIpc) is 3.65. The minimum atomic E-state index is -0.699. The SMILES string of the molecule is O=C(CCOCCOCCOCCOCCOCCOCCOCCOCCNC(=O)C1[C@H]2CCC#CCC[C@@H]12)ON1C(=O)CCC1=O. The zero-order valence-electron chi connectivity index (χ0n) is 28.0. The Morgan fingerprint density at radius 2 is 0.958 bits per heavy atom. The molecular formula is C33H52N2O13. The molecule has 0 radical (unpaired) electrons. The fourth-order valence-electron chi connectivity index (χ4n) is 5.24. The van der Waals surface area contributed by atoms with Gasteiger partial charge in [-0.1, -0.05) is 0 Å². The monoisotopic (exact) mass is 684 g/mol. The summed E-state index contributed by atoms with van der Waals surface area (Å²) in [6.45, 7) is 7.15. The predicted molar refractivity (Wildman–Crippen MR) is 168 cm³/mol. The Labute approximate surface area is 282 Å². The van der Waals surface area contributed by atoms with E-state index in [9.17, 15) is 19.2 Å². The van der Waals surface area contributed by atoms with Gasteiger partial charge in [-0.15, -0.1) is 16.9 Å². The standard InChI is InChI=1S/C33H52N2O13/c36-29-7-8-30(37)35(29)48-31(38)9-11-40-13-15-42-17-19-44-21-23-46-25-26-47-24-22-45-20-18-43-16-14-41-12-10-34-33(39)32-27-5-3-1-2-4-6-28(27)32/h27-28,32H,3-26H2,(H,34,39)/t27-,28+,32?. The largest absolute Gasteiger partial charge is 0.378 e. The Morgan fingerprint density at radius 3 is 1.38 bits per heavy atom. The summed E-state index contributed by atoms with van der Waals surface area (Å²) in [4.78, 5) is 51.6. The van der Waals surface area contributed by atoms with Gasteiger partial charge in [0.2, 0.25) is 5.91 Å². The van der Waals surface area contributed by atoms with Crippen molar-refractivity contribution in [1.29, 1.82) is 0 Å². The number of rotatable bonds is 29. The molecule has 1 aliphatic heterocycles. The molecule has 0 aromatic heterocycles. The molecule has 0 spiro atoms. The maximum absolute atomic E-state index is 12.4. The second-order valence-electron chi connectivity index (χ2n) is 11.3. The van der Waals surface area contributed by atoms with E-state index in [1.165, 1.54) is 0 Å². The van der Waals surface area contributed by atoms with Gasteiger partial charge < -0.3 is 48.0 Å². The quantitative estimate of drug-likeness (QED) is 0.0665. The Bertz CT molecular complexity index is 983. The fraction of sp³-hybridized carbons (Fsp3) is 0.818. The number of carbonyl (C=O) groups excluding carboxylic acids is 4. The van der Waals surface area contributed by atoms with Gasteiger partial charge in [-0.25, -0.2) is 4.79 Å². The number of amides is 3. The summed E-state index contributed by atoms with van der Waals surface area (Å²) < 4.78 is 43.5. The smallest absolute Gasteiger partial charge is 0.335 e. The van der Waals surface area contributed by atoms with Gasteiger partial charge in [-0.3, -0.25) is 14.4 Å². The minimum Gasteiger partial charge on any atom is -0.378 e. The first-order chi connectivity index (χ1) is 23.6. The summed E-state index contributed by atoms with van der Waals surface area (Å²) in [5, 5.41) is 3.52. The summed E-state index contributed by atoms with van der Waals surface area (Å²) in [6, 6.07) is 0. The van der Waals surface area contributed by atoms with Crippen LogP contribution in [0.3, 0.4) is 0 Å². The number of imide groups is 1. The first-order valence-electron chi connectivity index (χ1n) is 17.0. The highest BCUT2D eigenvalue weighted by Crippen LogP contribution is 2.52. The third kappa shape index (κ3) is 17.1. The van der Waals surface area contributed by atoms with Crippen molar-refractivity contribution in [3.05, 3.63) is 0 Å². The van der Waals surface area contributed by atoms with Crippen LogP contribution >= 0.6 is 0 Å². The van der Waals surface area contributed by atoms with Crippen LogP contribution in [0, 0.1) is 29.6 Å². The van der Waals surface area contributed by atoms with Gasteiger partial charge in [-0.2, -0.15) is 0 Å². The average molecular weight is 685 g/mol. The molecule has 2 aliphatic carbocycles. The maximum Gasteiger partial charge on any atom is 0.335 e. The molecule has 0 aromatic carbocycles. The molecule has 2 fully saturated rings. The number of nitrogens with one attached hydrogen (secondary N) is 1. The van der Waals surface area contributed by atoms with Gasteiger partial charge in [-0.05, 0) is 24.7 Å². The number of fused-ring (bicyclic) bond motifs is 1. The van der Waals surface area contributed by atoms with Crippen molar-refractivity contribution >= 4 is 23.7 Å². The van der Waals surface area contributed by atoms with Crippen LogP contribution < -0.4 is 5.32 Å². The maximum atomic E-state index is 12.4. The molecule has 3 amide bonds. The lowest BCUT2D eigenvalue weighted by molar-refractivity contribution is -0.198. The highest BCUT2D eigenvalue weighted by molar-refractivity contribution is 6.01. The second kappa shape index (κ2) is 25.3. The van der Waals surface area contributed by atoms with Gasteiger partial charge in [0.15, 0.2) is 0 Å². The Hall–Kier alpha value is -2.68. The fourth-order valence-corrected chi connectivity index (χ4v) is 5.24. The minimum absolute atomic E-state index is 0.0591. The van der Waals surface area contributed by atoms with Gasteiger partial charge in [0, 0.05) is 38.1 Å². The molecule has 1 heterocycles. The van der Waals surface area contributed by atoms with Crippen molar-refractivity contribution in [1.82, 2.24) is 10.4 Å². The lowest BCUT2D eigenvalue weighted by Crippen LogP contribution is -2.32. The van der Waals surface area contributed by atoms with Crippen molar-refractivity contribution < 1.29 is 61.9 Å².